The molecule has 9 nitrogen and oxygen atoms in total. The second-order valence-electron chi connectivity index (χ2n) is 20.7. The van der Waals surface area contributed by atoms with Crippen molar-refractivity contribution in [2.75, 3.05) is 47.5 Å². The second kappa shape index (κ2) is 50.9. The lowest BCUT2D eigenvalue weighted by atomic mass is 10.0. The van der Waals surface area contributed by atoms with E-state index in [1.54, 1.807) is 0 Å². The van der Waals surface area contributed by atoms with E-state index in [2.05, 4.69) is 62.5 Å². The van der Waals surface area contributed by atoms with Gasteiger partial charge in [-0.15, -0.1) is 0 Å². The molecular formula is C59H111NO8P+. The van der Waals surface area contributed by atoms with Crippen LogP contribution >= 0.6 is 7.82 Å². The number of phosphoric ester groups is 1. The number of hydrogen-bond donors (Lipinski definition) is 1. The SMILES string of the molecule is CC/C=C\C/C=C\C/C=C\C/C=C\CCCCCCCCCCCCCCCCCCC(=O)OC(COC(=O)CCCCCCCCCCCCCCCCCC)COP(=O)(O)OCC[N+](C)(C)C. The van der Waals surface area contributed by atoms with E-state index < -0.39 is 26.5 Å². The van der Waals surface area contributed by atoms with Crippen LogP contribution in [0.25, 0.3) is 0 Å². The quantitative estimate of drug-likeness (QED) is 0.0211. The Labute approximate surface area is 426 Å². The highest BCUT2D eigenvalue weighted by Crippen LogP contribution is 2.43. The molecule has 0 amide bonds. The summed E-state index contributed by atoms with van der Waals surface area (Å²) in [6.45, 7) is 4.36. The van der Waals surface area contributed by atoms with Gasteiger partial charge in [-0.2, -0.15) is 0 Å². The number of hydrogen-bond acceptors (Lipinski definition) is 7. The van der Waals surface area contributed by atoms with Crippen LogP contribution in [0.1, 0.15) is 264 Å². The van der Waals surface area contributed by atoms with Crippen LogP contribution in [0, 0.1) is 0 Å². The van der Waals surface area contributed by atoms with Crippen molar-refractivity contribution in [3.63, 3.8) is 0 Å². The molecule has 2 unspecified atom stereocenters. The summed E-state index contributed by atoms with van der Waals surface area (Å²) in [6.07, 6.45) is 63.2. The molecule has 0 rings (SSSR count). The van der Waals surface area contributed by atoms with Crippen molar-refractivity contribution >= 4 is 19.8 Å². The minimum atomic E-state index is -4.38. The molecule has 0 aromatic rings. The fourth-order valence-electron chi connectivity index (χ4n) is 8.19. The number of nitrogens with zero attached hydrogens (tertiary/aromatic N) is 1. The summed E-state index contributed by atoms with van der Waals surface area (Å²) in [5, 5.41) is 0. The van der Waals surface area contributed by atoms with Gasteiger partial charge in [0.2, 0.25) is 0 Å². The van der Waals surface area contributed by atoms with Crippen LogP contribution in [0.2, 0.25) is 0 Å². The average molecular weight is 994 g/mol. The van der Waals surface area contributed by atoms with Crippen molar-refractivity contribution in [1.82, 2.24) is 0 Å². The number of phosphoric acid groups is 1. The molecule has 0 heterocycles. The number of ether oxygens (including phenoxy) is 2. The zero-order valence-corrected chi connectivity index (χ0v) is 46.7. The average Bonchev–Trinajstić information content (AvgIpc) is 3.31. The standard InChI is InChI=1S/C59H110NO8P/c1-6-8-10-12-14-16-18-20-22-24-25-26-27-28-29-30-31-32-33-34-35-36-38-40-42-44-46-48-50-52-59(62)68-57(56-67-69(63,64)66-54-53-60(3,4)5)55-65-58(61)51-49-47-45-43-41-39-37-23-21-19-17-15-13-11-9-7-2/h8,10,14,16,20,22,25-26,57H,6-7,9,11-13,15,17-19,21,23-24,27-56H2,1-5H3/p+1/b10-8-,16-14-,22-20-,26-25-. The van der Waals surface area contributed by atoms with Crippen LogP contribution in [-0.2, 0) is 32.7 Å². The van der Waals surface area contributed by atoms with E-state index in [0.717, 1.165) is 57.8 Å². The number of unbranched alkanes of at least 4 members (excludes halogenated alkanes) is 31. The Hall–Kier alpha value is -2.03. The molecule has 1 N–H and O–H groups in total. The molecule has 0 radical (unpaired) electrons. The highest BCUT2D eigenvalue weighted by atomic mass is 31.2. The Kier molecular flexibility index (Phi) is 49.4. The monoisotopic (exact) mass is 993 g/mol. The molecule has 0 saturated heterocycles. The van der Waals surface area contributed by atoms with Gasteiger partial charge in [-0.25, -0.2) is 4.57 Å². The van der Waals surface area contributed by atoms with Crippen molar-refractivity contribution < 1.29 is 42.1 Å². The Morgan fingerprint density at radius 1 is 0.464 bits per heavy atom. The Morgan fingerprint density at radius 2 is 0.826 bits per heavy atom. The number of carbonyl (C=O) groups is 2. The van der Waals surface area contributed by atoms with Crippen LogP contribution < -0.4 is 0 Å². The summed E-state index contributed by atoms with van der Waals surface area (Å²) in [5.41, 5.74) is 0. The van der Waals surface area contributed by atoms with Gasteiger partial charge >= 0.3 is 19.8 Å². The fraction of sp³-hybridized carbons (Fsp3) is 0.831. The summed E-state index contributed by atoms with van der Waals surface area (Å²) in [7, 11) is 1.49. The molecule has 0 spiro atoms. The molecule has 0 aliphatic heterocycles. The van der Waals surface area contributed by atoms with Gasteiger partial charge in [0, 0.05) is 12.8 Å². The smallest absolute Gasteiger partial charge is 0.462 e. The predicted octanol–water partition coefficient (Wildman–Crippen LogP) is 17.8. The third kappa shape index (κ3) is 55.1. The maximum Gasteiger partial charge on any atom is 0.472 e. The summed E-state index contributed by atoms with van der Waals surface area (Å²) in [4.78, 5) is 35.6. The van der Waals surface area contributed by atoms with Gasteiger partial charge in [0.25, 0.3) is 0 Å². The van der Waals surface area contributed by atoms with E-state index in [4.69, 9.17) is 18.5 Å². The molecule has 0 aliphatic rings. The Balaban J connectivity index is 4.09. The fourth-order valence-corrected chi connectivity index (χ4v) is 8.93. The summed E-state index contributed by atoms with van der Waals surface area (Å²) in [6, 6.07) is 0. The normalized spacial score (nSPS) is 13.7. The number of esters is 2. The van der Waals surface area contributed by atoms with Crippen LogP contribution in [0.3, 0.4) is 0 Å². The van der Waals surface area contributed by atoms with E-state index in [9.17, 15) is 19.0 Å². The van der Waals surface area contributed by atoms with Gasteiger partial charge in [-0.1, -0.05) is 249 Å². The summed E-state index contributed by atoms with van der Waals surface area (Å²) in [5.74, 6) is -0.785. The first-order chi connectivity index (χ1) is 33.5. The van der Waals surface area contributed by atoms with Crippen molar-refractivity contribution in [3.8, 4) is 0 Å². The molecule has 0 fully saturated rings. The highest BCUT2D eigenvalue weighted by Gasteiger charge is 2.27. The van der Waals surface area contributed by atoms with Gasteiger partial charge in [0.15, 0.2) is 6.10 Å². The van der Waals surface area contributed by atoms with Crippen LogP contribution in [0.4, 0.5) is 0 Å². The van der Waals surface area contributed by atoms with Crippen molar-refractivity contribution in [3.05, 3.63) is 48.6 Å². The first-order valence-corrected chi connectivity index (χ1v) is 30.4. The topological polar surface area (TPSA) is 108 Å². The van der Waals surface area contributed by atoms with E-state index in [-0.39, 0.29) is 25.6 Å². The predicted molar refractivity (Wildman–Crippen MR) is 293 cm³/mol. The summed E-state index contributed by atoms with van der Waals surface area (Å²) >= 11 is 0. The van der Waals surface area contributed by atoms with Crippen LogP contribution in [-0.4, -0.2) is 74.9 Å². The number of carbonyl (C=O) groups excluding carboxylic acids is 2. The first-order valence-electron chi connectivity index (χ1n) is 28.9. The molecule has 0 aliphatic carbocycles. The van der Waals surface area contributed by atoms with Crippen molar-refractivity contribution in [1.29, 1.82) is 0 Å². The molecule has 69 heavy (non-hydrogen) atoms. The molecule has 2 atom stereocenters. The molecule has 0 aromatic heterocycles. The minimum absolute atomic E-state index is 0.0334. The molecular weight excluding hydrogens is 882 g/mol. The first kappa shape index (κ1) is 67.0. The Morgan fingerprint density at radius 3 is 1.23 bits per heavy atom. The van der Waals surface area contributed by atoms with Crippen molar-refractivity contribution in [2.24, 2.45) is 0 Å². The lowest BCUT2D eigenvalue weighted by Gasteiger charge is -2.24. The van der Waals surface area contributed by atoms with Gasteiger partial charge in [-0.3, -0.25) is 18.6 Å². The van der Waals surface area contributed by atoms with Gasteiger partial charge in [0.05, 0.1) is 27.7 Å². The molecule has 0 aromatic carbocycles. The third-order valence-corrected chi connectivity index (χ3v) is 13.6. The molecule has 0 saturated carbocycles. The largest absolute Gasteiger partial charge is 0.472 e. The lowest BCUT2D eigenvalue weighted by Crippen LogP contribution is -2.37. The van der Waals surface area contributed by atoms with Gasteiger partial charge < -0.3 is 18.9 Å². The second-order valence-corrected chi connectivity index (χ2v) is 22.1. The zero-order chi connectivity index (χ0) is 50.6. The van der Waals surface area contributed by atoms with Gasteiger partial charge in [0.1, 0.15) is 19.8 Å². The lowest BCUT2D eigenvalue weighted by molar-refractivity contribution is -0.870. The molecule has 10 heteroatoms. The third-order valence-electron chi connectivity index (χ3n) is 12.6. The zero-order valence-electron chi connectivity index (χ0n) is 45.8. The number of quaternary nitrogens is 1. The van der Waals surface area contributed by atoms with Crippen LogP contribution in [0.15, 0.2) is 48.6 Å². The van der Waals surface area contributed by atoms with E-state index >= 15 is 0 Å². The van der Waals surface area contributed by atoms with Gasteiger partial charge in [-0.05, 0) is 51.4 Å². The number of likely N-dealkylation sites (N-methyl/N-ethyl adjacent to an activating group) is 1. The highest BCUT2D eigenvalue weighted by molar-refractivity contribution is 7.47. The number of allylic oxidation sites excluding steroid dienone is 8. The minimum Gasteiger partial charge on any atom is -0.462 e. The maximum absolute atomic E-state index is 12.8. The Bertz CT molecular complexity index is 1310. The van der Waals surface area contributed by atoms with E-state index in [1.807, 2.05) is 21.1 Å². The number of rotatable bonds is 53. The molecule has 0 bridgehead atoms. The summed E-state index contributed by atoms with van der Waals surface area (Å²) < 4.78 is 34.6. The van der Waals surface area contributed by atoms with E-state index in [0.29, 0.717) is 23.9 Å². The van der Waals surface area contributed by atoms with Crippen LogP contribution in [0.5, 0.6) is 0 Å². The maximum atomic E-state index is 12.8. The van der Waals surface area contributed by atoms with Crippen molar-refractivity contribution in [2.45, 2.75) is 270 Å². The molecule has 404 valence electrons. The van der Waals surface area contributed by atoms with E-state index in [1.165, 1.54) is 173 Å².